The normalized spacial score (nSPS) is 10.3. The summed E-state index contributed by atoms with van der Waals surface area (Å²) in [4.78, 5) is 14.5. The molecule has 0 aliphatic heterocycles. The molecule has 0 spiro atoms. The number of carbonyl (C=O) groups excluding carboxylic acids is 1. The quantitative estimate of drug-likeness (QED) is 0.474. The van der Waals surface area contributed by atoms with E-state index in [9.17, 15) is 10.1 Å². The van der Waals surface area contributed by atoms with E-state index in [2.05, 4.69) is 11.4 Å². The number of carbonyl (C=O) groups is 1. The fourth-order valence-electron chi connectivity index (χ4n) is 2.95. The third-order valence-corrected chi connectivity index (χ3v) is 5.82. The third kappa shape index (κ3) is 5.52. The number of hydrogen-bond donors (Lipinski definition) is 1. The van der Waals surface area contributed by atoms with Crippen LogP contribution in [-0.4, -0.2) is 19.6 Å². The van der Waals surface area contributed by atoms with Crippen LogP contribution in [0.1, 0.15) is 28.4 Å². The summed E-state index contributed by atoms with van der Waals surface area (Å²) in [7, 11) is 1.54. The Kier molecular flexibility index (Phi) is 7.82. The van der Waals surface area contributed by atoms with Crippen LogP contribution in [0, 0.1) is 11.3 Å². The number of halogens is 1. The lowest BCUT2D eigenvalue weighted by Crippen LogP contribution is -2.23. The van der Waals surface area contributed by atoms with Gasteiger partial charge in [-0.1, -0.05) is 47.6 Å². The monoisotopic (exact) mass is 452 g/mol. The van der Waals surface area contributed by atoms with Crippen molar-refractivity contribution >= 4 is 29.3 Å². The zero-order valence-electron chi connectivity index (χ0n) is 17.1. The van der Waals surface area contributed by atoms with Crippen molar-refractivity contribution in [3.8, 4) is 17.6 Å². The maximum absolute atomic E-state index is 12.9. The Hall–Kier alpha value is -3.14. The molecule has 0 aromatic heterocycles. The smallest absolute Gasteiger partial charge is 0.252 e. The molecule has 0 radical (unpaired) electrons. The third-order valence-electron chi connectivity index (χ3n) is 4.39. The van der Waals surface area contributed by atoms with Crippen molar-refractivity contribution in [2.24, 2.45) is 0 Å². The van der Waals surface area contributed by atoms with E-state index < -0.39 is 0 Å². The summed E-state index contributed by atoms with van der Waals surface area (Å²) in [6.45, 7) is 2.61. The number of nitrogens with one attached hydrogen (secondary N) is 1. The summed E-state index contributed by atoms with van der Waals surface area (Å²) in [6.07, 6.45) is 0. The molecule has 0 unspecified atom stereocenters. The largest absolute Gasteiger partial charge is 0.493 e. The molecule has 0 heterocycles. The maximum Gasteiger partial charge on any atom is 0.252 e. The van der Waals surface area contributed by atoms with Crippen LogP contribution in [0.25, 0.3) is 0 Å². The highest BCUT2D eigenvalue weighted by Gasteiger charge is 2.15. The van der Waals surface area contributed by atoms with Crippen LogP contribution >= 0.6 is 23.4 Å². The summed E-state index contributed by atoms with van der Waals surface area (Å²) in [5.74, 6) is 0.781. The number of nitrogens with zero attached hydrogens (tertiary/aromatic N) is 1. The summed E-state index contributed by atoms with van der Waals surface area (Å²) in [5.41, 5.74) is 1.89. The highest BCUT2D eigenvalue weighted by atomic mass is 35.5. The van der Waals surface area contributed by atoms with Gasteiger partial charge >= 0.3 is 0 Å². The second-order valence-corrected chi connectivity index (χ2v) is 7.92. The first-order valence-corrected chi connectivity index (χ1v) is 10.8. The SMILES string of the molecule is CCOc1c(Cl)cc(CNC(=O)c2ccccc2Sc2ccccc2C#N)cc1OC. The van der Waals surface area contributed by atoms with Gasteiger partial charge in [0, 0.05) is 16.3 Å². The van der Waals surface area contributed by atoms with Crippen molar-refractivity contribution < 1.29 is 14.3 Å². The summed E-state index contributed by atoms with van der Waals surface area (Å²) in [5, 5.41) is 12.7. The zero-order chi connectivity index (χ0) is 22.2. The van der Waals surface area contributed by atoms with Gasteiger partial charge < -0.3 is 14.8 Å². The predicted octanol–water partition coefficient (Wildman–Crippen LogP) is 5.70. The Bertz CT molecular complexity index is 1130. The molecule has 7 heteroatoms. The van der Waals surface area contributed by atoms with Gasteiger partial charge in [0.15, 0.2) is 11.5 Å². The first-order valence-electron chi connectivity index (χ1n) is 9.60. The molecule has 31 heavy (non-hydrogen) atoms. The standard InChI is InChI=1S/C24H21ClN2O3S/c1-3-30-23-19(25)12-16(13-20(23)29-2)15-27-24(28)18-9-5-7-11-22(18)31-21-10-6-4-8-17(21)14-26/h4-13H,3,15H2,1-2H3,(H,27,28). The molecule has 0 aliphatic rings. The fourth-order valence-corrected chi connectivity index (χ4v) is 4.26. The van der Waals surface area contributed by atoms with Gasteiger partial charge in [-0.15, -0.1) is 0 Å². The maximum atomic E-state index is 12.9. The molecule has 0 bridgehead atoms. The second-order valence-electron chi connectivity index (χ2n) is 6.43. The van der Waals surface area contributed by atoms with E-state index in [-0.39, 0.29) is 12.5 Å². The molecule has 3 aromatic rings. The van der Waals surface area contributed by atoms with Crippen LogP contribution in [0.3, 0.4) is 0 Å². The predicted molar refractivity (Wildman–Crippen MR) is 122 cm³/mol. The highest BCUT2D eigenvalue weighted by Crippen LogP contribution is 2.36. The summed E-state index contributed by atoms with van der Waals surface area (Å²) in [6, 6.07) is 20.3. The first kappa shape index (κ1) is 22.5. The summed E-state index contributed by atoms with van der Waals surface area (Å²) >= 11 is 7.71. The average Bonchev–Trinajstić information content (AvgIpc) is 2.79. The molecule has 1 amide bonds. The molecule has 0 aliphatic carbocycles. The van der Waals surface area contributed by atoms with E-state index in [1.54, 1.807) is 31.4 Å². The van der Waals surface area contributed by atoms with Gasteiger partial charge in [-0.25, -0.2) is 0 Å². The minimum Gasteiger partial charge on any atom is -0.493 e. The lowest BCUT2D eigenvalue weighted by atomic mass is 10.1. The molecule has 0 saturated carbocycles. The minimum atomic E-state index is -0.221. The van der Waals surface area contributed by atoms with Gasteiger partial charge in [-0.05, 0) is 48.9 Å². The molecule has 0 atom stereocenters. The Morgan fingerprint density at radius 2 is 1.84 bits per heavy atom. The van der Waals surface area contributed by atoms with Gasteiger partial charge in [0.1, 0.15) is 6.07 Å². The van der Waals surface area contributed by atoms with Crippen molar-refractivity contribution in [2.75, 3.05) is 13.7 Å². The fraction of sp³-hybridized carbons (Fsp3) is 0.167. The average molecular weight is 453 g/mol. The number of amides is 1. The number of methoxy groups -OCH3 is 1. The molecule has 3 aromatic carbocycles. The molecule has 5 nitrogen and oxygen atoms in total. The molecule has 0 fully saturated rings. The lowest BCUT2D eigenvalue weighted by Gasteiger charge is -2.14. The number of nitriles is 1. The van der Waals surface area contributed by atoms with Crippen molar-refractivity contribution in [3.05, 3.63) is 82.4 Å². The second kappa shape index (κ2) is 10.8. The number of benzene rings is 3. The number of hydrogen-bond acceptors (Lipinski definition) is 5. The van der Waals surface area contributed by atoms with Crippen LogP contribution in [0.2, 0.25) is 5.02 Å². The van der Waals surface area contributed by atoms with Gasteiger partial charge in [0.2, 0.25) is 0 Å². The van der Waals surface area contributed by atoms with E-state index in [0.29, 0.717) is 34.3 Å². The molecule has 0 saturated heterocycles. The Labute approximate surface area is 190 Å². The van der Waals surface area contributed by atoms with Gasteiger partial charge in [0.25, 0.3) is 5.91 Å². The lowest BCUT2D eigenvalue weighted by molar-refractivity contribution is 0.0948. The van der Waals surface area contributed by atoms with E-state index in [1.807, 2.05) is 43.3 Å². The van der Waals surface area contributed by atoms with Crippen molar-refractivity contribution in [1.29, 1.82) is 5.26 Å². The van der Waals surface area contributed by atoms with E-state index in [1.165, 1.54) is 11.8 Å². The Morgan fingerprint density at radius 3 is 2.55 bits per heavy atom. The van der Waals surface area contributed by atoms with Crippen LogP contribution in [0.4, 0.5) is 0 Å². The van der Waals surface area contributed by atoms with Crippen LogP contribution in [-0.2, 0) is 6.54 Å². The van der Waals surface area contributed by atoms with Gasteiger partial charge in [-0.3, -0.25) is 4.79 Å². The number of ether oxygens (including phenoxy) is 2. The van der Waals surface area contributed by atoms with Gasteiger partial charge in [-0.2, -0.15) is 5.26 Å². The first-order chi connectivity index (χ1) is 15.1. The molecular formula is C24H21ClN2O3S. The van der Waals surface area contributed by atoms with Crippen molar-refractivity contribution in [1.82, 2.24) is 5.32 Å². The van der Waals surface area contributed by atoms with E-state index in [4.69, 9.17) is 21.1 Å². The zero-order valence-corrected chi connectivity index (χ0v) is 18.7. The van der Waals surface area contributed by atoms with E-state index in [0.717, 1.165) is 15.4 Å². The van der Waals surface area contributed by atoms with Crippen molar-refractivity contribution in [2.45, 2.75) is 23.3 Å². The van der Waals surface area contributed by atoms with Crippen molar-refractivity contribution in [3.63, 3.8) is 0 Å². The molecular weight excluding hydrogens is 432 g/mol. The molecule has 3 rings (SSSR count). The van der Waals surface area contributed by atoms with Gasteiger partial charge in [0.05, 0.1) is 29.9 Å². The van der Waals surface area contributed by atoms with E-state index >= 15 is 0 Å². The Morgan fingerprint density at radius 1 is 1.13 bits per heavy atom. The van der Waals surface area contributed by atoms with Crippen LogP contribution in [0.5, 0.6) is 11.5 Å². The van der Waals surface area contributed by atoms with Crippen LogP contribution < -0.4 is 14.8 Å². The molecule has 1 N–H and O–H groups in total. The summed E-state index contributed by atoms with van der Waals surface area (Å²) < 4.78 is 10.9. The highest BCUT2D eigenvalue weighted by molar-refractivity contribution is 7.99. The van der Waals surface area contributed by atoms with Crippen LogP contribution in [0.15, 0.2) is 70.5 Å². The number of rotatable bonds is 8. The Balaban J connectivity index is 1.78. The topological polar surface area (TPSA) is 71.3 Å². The molecule has 158 valence electrons. The minimum absolute atomic E-state index is 0.221.